The zero-order chi connectivity index (χ0) is 11.2. The van der Waals surface area contributed by atoms with Gasteiger partial charge in [-0.05, 0) is 35.0 Å². The molecule has 78 valence electrons. The molecule has 0 aliphatic heterocycles. The Labute approximate surface area is 102 Å². The van der Waals surface area contributed by atoms with E-state index >= 15 is 0 Å². The third kappa shape index (κ3) is 1.68. The highest BCUT2D eigenvalue weighted by Crippen LogP contribution is 2.25. The maximum absolute atomic E-state index is 11.8. The summed E-state index contributed by atoms with van der Waals surface area (Å²) >= 11 is 6.67. The molecule has 1 aromatic heterocycles. The molecule has 0 saturated heterocycles. The first-order chi connectivity index (χ1) is 7.00. The number of fused-ring (bicyclic) bond motifs is 1. The van der Waals surface area contributed by atoms with Gasteiger partial charge in [-0.25, -0.2) is 9.66 Å². The molecule has 4 nitrogen and oxygen atoms in total. The topological polar surface area (TPSA) is 60.9 Å². The highest BCUT2D eigenvalue weighted by molar-refractivity contribution is 9.11. The summed E-state index contributed by atoms with van der Waals surface area (Å²) in [5, 5.41) is 0.490. The number of hydrogen-bond acceptors (Lipinski definition) is 3. The van der Waals surface area contributed by atoms with Crippen LogP contribution in [-0.2, 0) is 0 Å². The average Bonchev–Trinajstić information content (AvgIpc) is 2.17. The van der Waals surface area contributed by atoms with Crippen LogP contribution in [0, 0.1) is 6.92 Å². The summed E-state index contributed by atoms with van der Waals surface area (Å²) in [4.78, 5) is 16.1. The second-order valence-electron chi connectivity index (χ2n) is 3.12. The third-order valence-corrected chi connectivity index (χ3v) is 3.16. The van der Waals surface area contributed by atoms with Gasteiger partial charge in [0.05, 0.1) is 10.9 Å². The molecule has 15 heavy (non-hydrogen) atoms. The molecule has 6 heteroatoms. The summed E-state index contributed by atoms with van der Waals surface area (Å²) in [6.45, 7) is 1.69. The predicted octanol–water partition coefficient (Wildman–Crippen LogP) is 1.94. The number of rotatable bonds is 0. The van der Waals surface area contributed by atoms with Gasteiger partial charge in [0.25, 0.3) is 5.56 Å². The van der Waals surface area contributed by atoms with Gasteiger partial charge in [0.1, 0.15) is 5.82 Å². The molecule has 0 amide bonds. The van der Waals surface area contributed by atoms with Gasteiger partial charge in [-0.15, -0.1) is 0 Å². The van der Waals surface area contributed by atoms with E-state index in [1.54, 1.807) is 13.0 Å². The van der Waals surface area contributed by atoms with Crippen LogP contribution in [0.3, 0.4) is 0 Å². The van der Waals surface area contributed by atoms with Crippen LogP contribution in [-0.4, -0.2) is 9.66 Å². The van der Waals surface area contributed by atoms with E-state index in [1.807, 2.05) is 6.07 Å². The zero-order valence-electron chi connectivity index (χ0n) is 7.79. The van der Waals surface area contributed by atoms with Gasteiger partial charge >= 0.3 is 0 Å². The lowest BCUT2D eigenvalue weighted by atomic mass is 10.2. The lowest BCUT2D eigenvalue weighted by Gasteiger charge is -2.06. The van der Waals surface area contributed by atoms with Crippen molar-refractivity contribution in [2.45, 2.75) is 6.92 Å². The van der Waals surface area contributed by atoms with Crippen LogP contribution in [0.4, 0.5) is 0 Å². The molecule has 2 N–H and O–H groups in total. The van der Waals surface area contributed by atoms with Crippen LogP contribution in [0.15, 0.2) is 25.9 Å². The Bertz CT molecular complexity index is 606. The molecule has 1 heterocycles. The van der Waals surface area contributed by atoms with Crippen molar-refractivity contribution in [3.63, 3.8) is 0 Å². The largest absolute Gasteiger partial charge is 0.335 e. The van der Waals surface area contributed by atoms with Crippen molar-refractivity contribution >= 4 is 42.8 Å². The standard InChI is InChI=1S/C9H7Br2N3O/c1-4-13-8-6(9(15)14(4)12)2-5(10)3-7(8)11/h2-3H,12H2,1H3. The van der Waals surface area contributed by atoms with E-state index in [2.05, 4.69) is 36.8 Å². The third-order valence-electron chi connectivity index (χ3n) is 2.10. The first-order valence-corrected chi connectivity index (χ1v) is 5.73. The Hall–Kier alpha value is -0.880. The minimum absolute atomic E-state index is 0.250. The van der Waals surface area contributed by atoms with E-state index in [1.165, 1.54) is 0 Å². The van der Waals surface area contributed by atoms with Gasteiger partial charge in [0, 0.05) is 8.95 Å². The first kappa shape index (κ1) is 10.6. The number of nitrogens with two attached hydrogens (primary N) is 1. The Morgan fingerprint density at radius 1 is 1.40 bits per heavy atom. The van der Waals surface area contributed by atoms with E-state index in [0.29, 0.717) is 16.7 Å². The van der Waals surface area contributed by atoms with Crippen molar-refractivity contribution < 1.29 is 0 Å². The average molecular weight is 333 g/mol. The molecule has 0 atom stereocenters. The SMILES string of the molecule is Cc1nc2c(Br)cc(Br)cc2c(=O)n1N. The van der Waals surface area contributed by atoms with Crippen LogP contribution in [0.5, 0.6) is 0 Å². The normalized spacial score (nSPS) is 10.9. The molecule has 0 radical (unpaired) electrons. The van der Waals surface area contributed by atoms with Crippen LogP contribution in [0.2, 0.25) is 0 Å². The Morgan fingerprint density at radius 2 is 2.07 bits per heavy atom. The fraction of sp³-hybridized carbons (Fsp3) is 0.111. The molecular weight excluding hydrogens is 326 g/mol. The molecule has 2 rings (SSSR count). The van der Waals surface area contributed by atoms with Gasteiger partial charge in [-0.3, -0.25) is 4.79 Å². The monoisotopic (exact) mass is 331 g/mol. The molecule has 1 aromatic carbocycles. The van der Waals surface area contributed by atoms with E-state index < -0.39 is 0 Å². The number of halogens is 2. The van der Waals surface area contributed by atoms with Gasteiger partial charge in [-0.1, -0.05) is 15.9 Å². The number of nitrogen functional groups attached to an aromatic ring is 1. The Morgan fingerprint density at radius 3 is 2.73 bits per heavy atom. The predicted molar refractivity (Wildman–Crippen MR) is 66.3 cm³/mol. The quantitative estimate of drug-likeness (QED) is 0.750. The van der Waals surface area contributed by atoms with Crippen molar-refractivity contribution in [2.75, 3.05) is 5.84 Å². The Balaban J connectivity index is 3.06. The van der Waals surface area contributed by atoms with Gasteiger partial charge in [0.2, 0.25) is 0 Å². The van der Waals surface area contributed by atoms with Crippen LogP contribution in [0.1, 0.15) is 5.82 Å². The van der Waals surface area contributed by atoms with E-state index in [4.69, 9.17) is 5.84 Å². The van der Waals surface area contributed by atoms with Crippen LogP contribution in [0.25, 0.3) is 10.9 Å². The summed E-state index contributed by atoms with van der Waals surface area (Å²) < 4.78 is 2.62. The van der Waals surface area contributed by atoms with Crippen molar-refractivity contribution in [3.8, 4) is 0 Å². The maximum Gasteiger partial charge on any atom is 0.279 e. The number of aryl methyl sites for hydroxylation is 1. The molecule has 0 aliphatic rings. The molecule has 0 aliphatic carbocycles. The van der Waals surface area contributed by atoms with Gasteiger partial charge in [0.15, 0.2) is 0 Å². The van der Waals surface area contributed by atoms with E-state index in [9.17, 15) is 4.79 Å². The van der Waals surface area contributed by atoms with Crippen molar-refractivity contribution in [3.05, 3.63) is 37.3 Å². The number of nitrogens with zero attached hydrogens (tertiary/aromatic N) is 2. The molecule has 0 unspecified atom stereocenters. The summed E-state index contributed by atoms with van der Waals surface area (Å²) in [6.07, 6.45) is 0. The Kier molecular flexibility index (Phi) is 2.56. The van der Waals surface area contributed by atoms with Gasteiger partial charge in [-0.2, -0.15) is 0 Å². The zero-order valence-corrected chi connectivity index (χ0v) is 11.0. The van der Waals surface area contributed by atoms with Crippen LogP contribution >= 0.6 is 31.9 Å². The fourth-order valence-electron chi connectivity index (χ4n) is 1.34. The summed E-state index contributed by atoms with van der Waals surface area (Å²) in [6, 6.07) is 3.55. The highest BCUT2D eigenvalue weighted by Gasteiger charge is 2.09. The number of aromatic nitrogens is 2. The van der Waals surface area contributed by atoms with Crippen molar-refractivity contribution in [2.24, 2.45) is 0 Å². The van der Waals surface area contributed by atoms with Crippen molar-refractivity contribution in [1.82, 2.24) is 9.66 Å². The van der Waals surface area contributed by atoms with E-state index in [-0.39, 0.29) is 5.56 Å². The van der Waals surface area contributed by atoms with Crippen molar-refractivity contribution in [1.29, 1.82) is 0 Å². The molecule has 0 saturated carbocycles. The first-order valence-electron chi connectivity index (χ1n) is 4.14. The molecule has 0 spiro atoms. The minimum atomic E-state index is -0.250. The van der Waals surface area contributed by atoms with E-state index in [0.717, 1.165) is 13.6 Å². The lowest BCUT2D eigenvalue weighted by molar-refractivity contribution is 0.851. The fourth-order valence-corrected chi connectivity index (χ4v) is 2.65. The van der Waals surface area contributed by atoms with Gasteiger partial charge < -0.3 is 5.84 Å². The molecular formula is C9H7Br2N3O. The smallest absolute Gasteiger partial charge is 0.279 e. The second kappa shape index (κ2) is 3.61. The molecule has 0 bridgehead atoms. The second-order valence-corrected chi connectivity index (χ2v) is 4.89. The minimum Gasteiger partial charge on any atom is -0.335 e. The maximum atomic E-state index is 11.8. The number of hydrogen-bond donors (Lipinski definition) is 1. The molecule has 0 fully saturated rings. The summed E-state index contributed by atoms with van der Waals surface area (Å²) in [5.41, 5.74) is 0.377. The summed E-state index contributed by atoms with van der Waals surface area (Å²) in [5.74, 6) is 6.04. The number of benzene rings is 1. The van der Waals surface area contributed by atoms with Crippen LogP contribution < -0.4 is 11.4 Å². The summed E-state index contributed by atoms with van der Waals surface area (Å²) in [7, 11) is 0. The lowest BCUT2D eigenvalue weighted by Crippen LogP contribution is -2.30. The highest BCUT2D eigenvalue weighted by atomic mass is 79.9. The molecule has 2 aromatic rings.